The van der Waals surface area contributed by atoms with E-state index in [-0.39, 0.29) is 5.82 Å². The maximum absolute atomic E-state index is 12.7. The van der Waals surface area contributed by atoms with Gasteiger partial charge in [-0.3, -0.25) is 0 Å². The number of halogens is 1. The molecule has 0 unspecified atom stereocenters. The van der Waals surface area contributed by atoms with Crippen LogP contribution in [0.15, 0.2) is 29.8 Å². The van der Waals surface area contributed by atoms with Gasteiger partial charge in [-0.15, -0.1) is 0 Å². The first-order valence-electron chi connectivity index (χ1n) is 4.83. The summed E-state index contributed by atoms with van der Waals surface area (Å²) in [6, 6.07) is 6.46. The molecule has 1 aliphatic rings. The fraction of sp³-hybridized carbons (Fsp3) is 0.333. The van der Waals surface area contributed by atoms with Crippen LogP contribution in [0.4, 0.5) is 4.39 Å². The number of rotatable bonds is 2. The van der Waals surface area contributed by atoms with Crippen LogP contribution in [0.2, 0.25) is 0 Å². The van der Waals surface area contributed by atoms with Crippen molar-refractivity contribution in [1.82, 2.24) is 0 Å². The molecule has 14 heavy (non-hydrogen) atoms. The highest BCUT2D eigenvalue weighted by Crippen LogP contribution is 2.33. The molecule has 0 spiro atoms. The van der Waals surface area contributed by atoms with Crippen LogP contribution in [0.25, 0.3) is 5.76 Å². The fourth-order valence-electron chi connectivity index (χ4n) is 1.65. The molecule has 0 radical (unpaired) electrons. The van der Waals surface area contributed by atoms with E-state index in [4.69, 9.17) is 4.74 Å². The van der Waals surface area contributed by atoms with Crippen LogP contribution in [0, 0.1) is 5.82 Å². The zero-order chi connectivity index (χ0) is 9.97. The Labute approximate surface area is 83.2 Å². The van der Waals surface area contributed by atoms with E-state index in [1.165, 1.54) is 24.1 Å². The topological polar surface area (TPSA) is 9.23 Å². The maximum atomic E-state index is 12.7. The van der Waals surface area contributed by atoms with Crippen molar-refractivity contribution in [2.75, 3.05) is 7.11 Å². The van der Waals surface area contributed by atoms with Crippen LogP contribution >= 0.6 is 0 Å². The highest BCUT2D eigenvalue weighted by Gasteiger charge is 2.16. The van der Waals surface area contributed by atoms with Gasteiger partial charge in [0.05, 0.1) is 7.11 Å². The summed E-state index contributed by atoms with van der Waals surface area (Å²) in [6.45, 7) is 0. The summed E-state index contributed by atoms with van der Waals surface area (Å²) in [5.74, 6) is 0.721. The first kappa shape index (κ1) is 9.25. The SMILES string of the molecule is COC(=C1CCC1)c1ccc(F)cc1. The summed E-state index contributed by atoms with van der Waals surface area (Å²) in [6.07, 6.45) is 3.46. The Morgan fingerprint density at radius 2 is 1.86 bits per heavy atom. The number of methoxy groups -OCH3 is 1. The van der Waals surface area contributed by atoms with Crippen molar-refractivity contribution in [3.63, 3.8) is 0 Å². The largest absolute Gasteiger partial charge is 0.496 e. The summed E-state index contributed by atoms with van der Waals surface area (Å²) in [7, 11) is 1.67. The van der Waals surface area contributed by atoms with Gasteiger partial charge < -0.3 is 4.74 Å². The molecule has 1 aliphatic carbocycles. The second kappa shape index (κ2) is 3.82. The van der Waals surface area contributed by atoms with Gasteiger partial charge in [0, 0.05) is 5.56 Å². The van der Waals surface area contributed by atoms with Gasteiger partial charge in [-0.25, -0.2) is 4.39 Å². The molecule has 2 rings (SSSR count). The minimum absolute atomic E-state index is 0.206. The number of ether oxygens (including phenoxy) is 1. The molecule has 1 fully saturated rings. The van der Waals surface area contributed by atoms with Crippen LogP contribution in [-0.4, -0.2) is 7.11 Å². The van der Waals surface area contributed by atoms with E-state index >= 15 is 0 Å². The van der Waals surface area contributed by atoms with Crippen molar-refractivity contribution in [3.05, 3.63) is 41.2 Å². The molecule has 1 nitrogen and oxygen atoms in total. The molecule has 0 amide bonds. The lowest BCUT2D eigenvalue weighted by Crippen LogP contribution is -2.03. The number of hydrogen-bond donors (Lipinski definition) is 0. The number of benzene rings is 1. The third-order valence-electron chi connectivity index (χ3n) is 2.59. The molecule has 1 saturated carbocycles. The normalized spacial score (nSPS) is 14.9. The zero-order valence-corrected chi connectivity index (χ0v) is 8.22. The van der Waals surface area contributed by atoms with Gasteiger partial charge in [-0.1, -0.05) is 0 Å². The van der Waals surface area contributed by atoms with Crippen molar-refractivity contribution in [3.8, 4) is 0 Å². The van der Waals surface area contributed by atoms with Gasteiger partial charge in [0.15, 0.2) is 0 Å². The van der Waals surface area contributed by atoms with Crippen LogP contribution < -0.4 is 0 Å². The van der Waals surface area contributed by atoms with E-state index in [0.29, 0.717) is 0 Å². The van der Waals surface area contributed by atoms with Crippen LogP contribution in [0.1, 0.15) is 24.8 Å². The molecule has 0 heterocycles. The number of hydrogen-bond acceptors (Lipinski definition) is 1. The molecular formula is C12H13FO. The Kier molecular flexibility index (Phi) is 2.53. The first-order valence-corrected chi connectivity index (χ1v) is 4.83. The Hall–Kier alpha value is -1.31. The van der Waals surface area contributed by atoms with Gasteiger partial charge in [0.2, 0.25) is 0 Å². The number of allylic oxidation sites excluding steroid dienone is 1. The molecule has 1 aromatic carbocycles. The Bertz CT molecular complexity index is 345. The summed E-state index contributed by atoms with van der Waals surface area (Å²) >= 11 is 0. The highest BCUT2D eigenvalue weighted by molar-refractivity contribution is 5.64. The lowest BCUT2D eigenvalue weighted by molar-refractivity contribution is 0.359. The zero-order valence-electron chi connectivity index (χ0n) is 8.22. The van der Waals surface area contributed by atoms with Gasteiger partial charge in [-0.05, 0) is 49.1 Å². The summed E-state index contributed by atoms with van der Waals surface area (Å²) in [5, 5.41) is 0. The van der Waals surface area contributed by atoms with Gasteiger partial charge in [-0.2, -0.15) is 0 Å². The lowest BCUT2D eigenvalue weighted by Gasteiger charge is -2.21. The third-order valence-corrected chi connectivity index (χ3v) is 2.59. The standard InChI is InChI=1S/C12H13FO/c1-14-12(9-3-2-4-9)10-5-7-11(13)8-6-10/h5-8H,2-4H2,1H3. The molecule has 0 atom stereocenters. The predicted octanol–water partition coefficient (Wildman–Crippen LogP) is 3.37. The minimum atomic E-state index is -0.206. The lowest BCUT2D eigenvalue weighted by atomic mass is 9.89. The van der Waals surface area contributed by atoms with E-state index in [1.54, 1.807) is 19.2 Å². The van der Waals surface area contributed by atoms with E-state index in [0.717, 1.165) is 24.2 Å². The fourth-order valence-corrected chi connectivity index (χ4v) is 1.65. The van der Waals surface area contributed by atoms with E-state index in [2.05, 4.69) is 0 Å². The molecule has 0 N–H and O–H groups in total. The molecule has 0 aromatic heterocycles. The minimum Gasteiger partial charge on any atom is -0.496 e. The molecule has 74 valence electrons. The first-order chi connectivity index (χ1) is 6.81. The maximum Gasteiger partial charge on any atom is 0.125 e. The van der Waals surface area contributed by atoms with Crippen LogP contribution in [-0.2, 0) is 4.74 Å². The van der Waals surface area contributed by atoms with Gasteiger partial charge >= 0.3 is 0 Å². The molecule has 2 heteroatoms. The Balaban J connectivity index is 2.32. The molecule has 0 saturated heterocycles. The van der Waals surface area contributed by atoms with Crippen LogP contribution in [0.5, 0.6) is 0 Å². The average Bonchev–Trinajstić information content (AvgIpc) is 2.13. The Morgan fingerprint density at radius 3 is 2.29 bits per heavy atom. The molecule has 1 aromatic rings. The van der Waals surface area contributed by atoms with Crippen molar-refractivity contribution >= 4 is 5.76 Å². The molecule has 0 aliphatic heterocycles. The van der Waals surface area contributed by atoms with E-state index in [9.17, 15) is 4.39 Å². The van der Waals surface area contributed by atoms with Gasteiger partial charge in [0.25, 0.3) is 0 Å². The van der Waals surface area contributed by atoms with E-state index < -0.39 is 0 Å². The smallest absolute Gasteiger partial charge is 0.125 e. The van der Waals surface area contributed by atoms with Gasteiger partial charge in [0.1, 0.15) is 11.6 Å². The molecule has 0 bridgehead atoms. The summed E-state index contributed by atoms with van der Waals surface area (Å²) in [4.78, 5) is 0. The average molecular weight is 192 g/mol. The van der Waals surface area contributed by atoms with Crippen LogP contribution in [0.3, 0.4) is 0 Å². The summed E-state index contributed by atoms with van der Waals surface area (Å²) in [5.41, 5.74) is 2.32. The second-order valence-electron chi connectivity index (χ2n) is 3.50. The van der Waals surface area contributed by atoms with Crippen molar-refractivity contribution < 1.29 is 9.13 Å². The van der Waals surface area contributed by atoms with Crippen molar-refractivity contribution in [2.24, 2.45) is 0 Å². The Morgan fingerprint density at radius 1 is 1.21 bits per heavy atom. The highest BCUT2D eigenvalue weighted by atomic mass is 19.1. The monoisotopic (exact) mass is 192 g/mol. The quantitative estimate of drug-likeness (QED) is 0.653. The van der Waals surface area contributed by atoms with E-state index in [1.807, 2.05) is 0 Å². The van der Waals surface area contributed by atoms with Crippen molar-refractivity contribution in [2.45, 2.75) is 19.3 Å². The molecular weight excluding hydrogens is 179 g/mol. The van der Waals surface area contributed by atoms with Crippen molar-refractivity contribution in [1.29, 1.82) is 0 Å². The third kappa shape index (κ3) is 1.65. The second-order valence-corrected chi connectivity index (χ2v) is 3.50. The predicted molar refractivity (Wildman–Crippen MR) is 54.2 cm³/mol. The summed E-state index contributed by atoms with van der Waals surface area (Å²) < 4.78 is 18.0.